The molecular formula is C13H18N2O3. The summed E-state index contributed by atoms with van der Waals surface area (Å²) in [5.74, 6) is 0.261. The summed E-state index contributed by atoms with van der Waals surface area (Å²) in [5, 5.41) is 2.99. The Morgan fingerprint density at radius 2 is 2.22 bits per heavy atom. The van der Waals surface area contributed by atoms with Gasteiger partial charge in [0.15, 0.2) is 0 Å². The molecule has 0 aromatic heterocycles. The second kappa shape index (κ2) is 7.32. The quantitative estimate of drug-likeness (QED) is 0.478. The maximum atomic E-state index is 11.4. The van der Waals surface area contributed by atoms with Crippen molar-refractivity contribution in [3.63, 3.8) is 0 Å². The normalized spacial score (nSPS) is 10.4. The fourth-order valence-electron chi connectivity index (χ4n) is 1.37. The van der Waals surface area contributed by atoms with Crippen LogP contribution in [0.5, 0.6) is 5.75 Å². The van der Waals surface area contributed by atoms with Crippen LogP contribution >= 0.6 is 0 Å². The molecule has 5 heteroatoms. The van der Waals surface area contributed by atoms with Gasteiger partial charge in [0.05, 0.1) is 31.8 Å². The van der Waals surface area contributed by atoms with Crippen LogP contribution in [0, 0.1) is 0 Å². The minimum absolute atomic E-state index is 0.383. The Bertz CT molecular complexity index is 430. The van der Waals surface area contributed by atoms with Crippen molar-refractivity contribution in [1.29, 1.82) is 0 Å². The molecule has 0 radical (unpaired) electrons. The van der Waals surface area contributed by atoms with Crippen molar-refractivity contribution in [2.24, 2.45) is 4.99 Å². The number of carbonyl (C=O) groups is 1. The maximum Gasteiger partial charge on any atom is 0.337 e. The molecule has 98 valence electrons. The smallest absolute Gasteiger partial charge is 0.337 e. The van der Waals surface area contributed by atoms with Gasteiger partial charge in [0.25, 0.3) is 0 Å². The van der Waals surface area contributed by atoms with Crippen LogP contribution in [-0.2, 0) is 4.74 Å². The molecule has 0 fully saturated rings. The minimum atomic E-state index is -0.383. The van der Waals surface area contributed by atoms with Crippen molar-refractivity contribution in [2.45, 2.75) is 13.3 Å². The average Bonchev–Trinajstić information content (AvgIpc) is 2.42. The first-order chi connectivity index (χ1) is 8.72. The van der Waals surface area contributed by atoms with E-state index in [9.17, 15) is 4.79 Å². The molecule has 0 heterocycles. The van der Waals surface area contributed by atoms with Gasteiger partial charge in [0.1, 0.15) is 5.75 Å². The number of anilines is 1. The predicted octanol–water partition coefficient (Wildman–Crippen LogP) is 2.33. The molecule has 5 nitrogen and oxygen atoms in total. The van der Waals surface area contributed by atoms with Gasteiger partial charge < -0.3 is 14.8 Å². The molecule has 0 spiro atoms. The maximum absolute atomic E-state index is 11.4. The Kier molecular flexibility index (Phi) is 5.70. The fourth-order valence-corrected chi connectivity index (χ4v) is 1.37. The van der Waals surface area contributed by atoms with Crippen LogP contribution in [0.4, 0.5) is 5.69 Å². The van der Waals surface area contributed by atoms with Gasteiger partial charge in [-0.05, 0) is 24.6 Å². The third kappa shape index (κ3) is 3.76. The number of methoxy groups -OCH3 is 2. The zero-order valence-corrected chi connectivity index (χ0v) is 10.9. The van der Waals surface area contributed by atoms with E-state index in [1.54, 1.807) is 31.6 Å². The van der Waals surface area contributed by atoms with E-state index < -0.39 is 0 Å². The zero-order chi connectivity index (χ0) is 13.4. The van der Waals surface area contributed by atoms with E-state index in [0.29, 0.717) is 17.0 Å². The number of benzene rings is 1. The second-order valence-corrected chi connectivity index (χ2v) is 3.59. The molecule has 0 saturated carbocycles. The van der Waals surface area contributed by atoms with Gasteiger partial charge in [-0.15, -0.1) is 0 Å². The van der Waals surface area contributed by atoms with Crippen LogP contribution in [-0.4, -0.2) is 33.1 Å². The predicted molar refractivity (Wildman–Crippen MR) is 71.6 cm³/mol. The standard InChI is InChI=1S/C13H18N2O3/c1-4-7-14-9-15-11-8-10(13(16)18-3)5-6-12(11)17-2/h5-6,8-9H,4,7H2,1-3H3,(H,14,15). The summed E-state index contributed by atoms with van der Waals surface area (Å²) in [6.07, 6.45) is 2.58. The topological polar surface area (TPSA) is 59.9 Å². The minimum Gasteiger partial charge on any atom is -0.495 e. The summed E-state index contributed by atoms with van der Waals surface area (Å²) in [5.41, 5.74) is 1.14. The first kappa shape index (κ1) is 14.0. The SMILES string of the molecule is CCCN=CNc1cc(C(=O)OC)ccc1OC. The molecule has 18 heavy (non-hydrogen) atoms. The Morgan fingerprint density at radius 3 is 2.83 bits per heavy atom. The Morgan fingerprint density at radius 1 is 1.44 bits per heavy atom. The largest absolute Gasteiger partial charge is 0.495 e. The van der Waals surface area contributed by atoms with Crippen molar-refractivity contribution in [3.8, 4) is 5.75 Å². The third-order valence-electron chi connectivity index (χ3n) is 2.28. The number of carbonyl (C=O) groups excluding carboxylic acids is 1. The highest BCUT2D eigenvalue weighted by Crippen LogP contribution is 2.25. The van der Waals surface area contributed by atoms with Crippen LogP contribution in [0.1, 0.15) is 23.7 Å². The molecule has 0 bridgehead atoms. The number of ether oxygens (including phenoxy) is 2. The van der Waals surface area contributed by atoms with Crippen LogP contribution in [0.25, 0.3) is 0 Å². The third-order valence-corrected chi connectivity index (χ3v) is 2.28. The summed E-state index contributed by atoms with van der Waals surface area (Å²) in [7, 11) is 2.92. The first-order valence-corrected chi connectivity index (χ1v) is 5.74. The highest BCUT2D eigenvalue weighted by molar-refractivity contribution is 5.92. The van der Waals surface area contributed by atoms with E-state index in [-0.39, 0.29) is 5.97 Å². The molecule has 0 unspecified atom stereocenters. The molecule has 1 N–H and O–H groups in total. The summed E-state index contributed by atoms with van der Waals surface area (Å²) in [6, 6.07) is 5.03. The molecule has 0 aliphatic heterocycles. The van der Waals surface area contributed by atoms with Crippen LogP contribution in [0.15, 0.2) is 23.2 Å². The zero-order valence-electron chi connectivity index (χ0n) is 10.9. The monoisotopic (exact) mass is 250 g/mol. The number of esters is 1. The summed E-state index contributed by atoms with van der Waals surface area (Å²) in [4.78, 5) is 15.6. The van der Waals surface area contributed by atoms with Crippen molar-refractivity contribution in [1.82, 2.24) is 0 Å². The van der Waals surface area contributed by atoms with Crippen LogP contribution in [0.2, 0.25) is 0 Å². The molecule has 1 rings (SSSR count). The highest BCUT2D eigenvalue weighted by Gasteiger charge is 2.09. The number of nitrogens with one attached hydrogen (secondary N) is 1. The number of hydrogen-bond donors (Lipinski definition) is 1. The van der Waals surface area contributed by atoms with Gasteiger partial charge in [-0.2, -0.15) is 0 Å². The lowest BCUT2D eigenvalue weighted by Gasteiger charge is -2.09. The molecule has 0 amide bonds. The molecule has 0 aliphatic carbocycles. The molecule has 0 saturated heterocycles. The highest BCUT2D eigenvalue weighted by atomic mass is 16.5. The first-order valence-electron chi connectivity index (χ1n) is 5.74. The summed E-state index contributed by atoms with van der Waals surface area (Å²) >= 11 is 0. The summed E-state index contributed by atoms with van der Waals surface area (Å²) < 4.78 is 9.86. The van der Waals surface area contributed by atoms with Gasteiger partial charge in [-0.25, -0.2) is 4.79 Å². The van der Waals surface area contributed by atoms with Crippen molar-refractivity contribution in [3.05, 3.63) is 23.8 Å². The Balaban J connectivity index is 2.88. The Hall–Kier alpha value is -2.04. The van der Waals surface area contributed by atoms with Gasteiger partial charge in [0.2, 0.25) is 0 Å². The van der Waals surface area contributed by atoms with Gasteiger partial charge in [0, 0.05) is 6.54 Å². The lowest BCUT2D eigenvalue weighted by molar-refractivity contribution is 0.0601. The number of rotatable bonds is 6. The van der Waals surface area contributed by atoms with E-state index in [0.717, 1.165) is 13.0 Å². The lowest BCUT2D eigenvalue weighted by atomic mass is 10.2. The van der Waals surface area contributed by atoms with Gasteiger partial charge >= 0.3 is 5.97 Å². The average molecular weight is 250 g/mol. The molecule has 1 aromatic rings. The molecular weight excluding hydrogens is 232 g/mol. The van der Waals surface area contributed by atoms with E-state index in [4.69, 9.17) is 4.74 Å². The number of aliphatic imine (C=N–C) groups is 1. The number of nitrogens with zero attached hydrogens (tertiary/aromatic N) is 1. The van der Waals surface area contributed by atoms with Crippen LogP contribution < -0.4 is 10.1 Å². The van der Waals surface area contributed by atoms with Crippen LogP contribution in [0.3, 0.4) is 0 Å². The molecule has 0 atom stereocenters. The van der Waals surface area contributed by atoms with E-state index >= 15 is 0 Å². The van der Waals surface area contributed by atoms with E-state index in [2.05, 4.69) is 22.0 Å². The number of hydrogen-bond acceptors (Lipinski definition) is 4. The summed E-state index contributed by atoms with van der Waals surface area (Å²) in [6.45, 7) is 2.81. The fraction of sp³-hybridized carbons (Fsp3) is 0.385. The van der Waals surface area contributed by atoms with E-state index in [1.807, 2.05) is 0 Å². The van der Waals surface area contributed by atoms with Crippen molar-refractivity contribution < 1.29 is 14.3 Å². The van der Waals surface area contributed by atoms with Crippen molar-refractivity contribution in [2.75, 3.05) is 26.1 Å². The Labute approximate surface area is 107 Å². The lowest BCUT2D eigenvalue weighted by Crippen LogP contribution is -2.04. The van der Waals surface area contributed by atoms with Crippen molar-refractivity contribution >= 4 is 18.0 Å². The molecule has 0 aliphatic rings. The van der Waals surface area contributed by atoms with E-state index in [1.165, 1.54) is 7.11 Å². The van der Waals surface area contributed by atoms with Gasteiger partial charge in [-0.1, -0.05) is 6.92 Å². The van der Waals surface area contributed by atoms with Gasteiger partial charge in [-0.3, -0.25) is 4.99 Å². The molecule has 1 aromatic carbocycles. The second-order valence-electron chi connectivity index (χ2n) is 3.59.